The van der Waals surface area contributed by atoms with Crippen LogP contribution in [0.1, 0.15) is 15.9 Å². The molecule has 0 aliphatic heterocycles. The van der Waals surface area contributed by atoms with E-state index in [1.165, 1.54) is 7.11 Å². The molecule has 0 atom stereocenters. The lowest BCUT2D eigenvalue weighted by Crippen LogP contribution is -2.05. The topological polar surface area (TPSA) is 46.5 Å². The molecular weight excluding hydrogens is 236 g/mol. The predicted molar refractivity (Wildman–Crippen MR) is 51.4 cm³/mol. The van der Waals surface area contributed by atoms with Gasteiger partial charge >= 0.3 is 5.97 Å². The van der Waals surface area contributed by atoms with Gasteiger partial charge in [0.2, 0.25) is 0 Å². The van der Waals surface area contributed by atoms with E-state index in [0.29, 0.717) is 11.1 Å². The number of methoxy groups -OCH3 is 1. The molecule has 0 saturated carbocycles. The van der Waals surface area contributed by atoms with Crippen LogP contribution in [0.5, 0.6) is 0 Å². The highest BCUT2D eigenvalue weighted by Crippen LogP contribution is 2.17. The molecule has 0 bridgehead atoms. The molecule has 0 spiro atoms. The lowest BCUT2D eigenvalue weighted by atomic mass is 10.1. The third kappa shape index (κ3) is 2.29. The molecule has 0 aliphatic rings. The van der Waals surface area contributed by atoms with Crippen LogP contribution in [0.15, 0.2) is 22.7 Å². The van der Waals surface area contributed by atoms with Gasteiger partial charge in [-0.2, -0.15) is 0 Å². The number of carbonyl (C=O) groups excluding carboxylic acids is 1. The van der Waals surface area contributed by atoms with Crippen molar-refractivity contribution in [3.63, 3.8) is 0 Å². The van der Waals surface area contributed by atoms with Gasteiger partial charge < -0.3 is 9.84 Å². The van der Waals surface area contributed by atoms with E-state index in [1.807, 2.05) is 0 Å². The van der Waals surface area contributed by atoms with E-state index in [9.17, 15) is 4.79 Å². The van der Waals surface area contributed by atoms with Crippen molar-refractivity contribution in [2.45, 2.75) is 6.61 Å². The Bertz CT molecular complexity index is 323. The monoisotopic (exact) mass is 244 g/mol. The standard InChI is InChI=1S/C9H9BrO3/c1-13-9(12)8-4-7(10)3-2-6(8)5-11/h2-4,11H,5H2,1H3. The number of hydrogen-bond acceptors (Lipinski definition) is 3. The van der Waals surface area contributed by atoms with Gasteiger partial charge in [0, 0.05) is 4.47 Å². The molecule has 0 fully saturated rings. The van der Waals surface area contributed by atoms with Crippen molar-refractivity contribution in [1.82, 2.24) is 0 Å². The van der Waals surface area contributed by atoms with Crippen molar-refractivity contribution in [1.29, 1.82) is 0 Å². The van der Waals surface area contributed by atoms with E-state index in [2.05, 4.69) is 20.7 Å². The number of aliphatic hydroxyl groups is 1. The number of esters is 1. The highest BCUT2D eigenvalue weighted by atomic mass is 79.9. The fraction of sp³-hybridized carbons (Fsp3) is 0.222. The first kappa shape index (κ1) is 10.2. The summed E-state index contributed by atoms with van der Waals surface area (Å²) in [5.74, 6) is -0.439. The Balaban J connectivity index is 3.15. The van der Waals surface area contributed by atoms with Gasteiger partial charge in [-0.05, 0) is 17.7 Å². The van der Waals surface area contributed by atoms with E-state index in [4.69, 9.17) is 5.11 Å². The number of benzene rings is 1. The molecule has 0 unspecified atom stereocenters. The molecule has 4 heteroatoms. The van der Waals surface area contributed by atoms with Crippen LogP contribution in [-0.4, -0.2) is 18.2 Å². The Morgan fingerprint density at radius 1 is 1.62 bits per heavy atom. The van der Waals surface area contributed by atoms with Gasteiger partial charge in [0.1, 0.15) is 0 Å². The van der Waals surface area contributed by atoms with Gasteiger partial charge in [-0.25, -0.2) is 4.79 Å². The maximum Gasteiger partial charge on any atom is 0.338 e. The minimum absolute atomic E-state index is 0.169. The summed E-state index contributed by atoms with van der Waals surface area (Å²) in [7, 11) is 1.31. The summed E-state index contributed by atoms with van der Waals surface area (Å²) >= 11 is 3.23. The van der Waals surface area contributed by atoms with Crippen LogP contribution in [0.3, 0.4) is 0 Å². The van der Waals surface area contributed by atoms with Crippen LogP contribution in [-0.2, 0) is 11.3 Å². The Morgan fingerprint density at radius 3 is 2.85 bits per heavy atom. The first-order valence-electron chi connectivity index (χ1n) is 3.66. The van der Waals surface area contributed by atoms with E-state index < -0.39 is 5.97 Å². The fourth-order valence-corrected chi connectivity index (χ4v) is 1.35. The molecule has 70 valence electrons. The maximum atomic E-state index is 11.2. The predicted octanol–water partition coefficient (Wildman–Crippen LogP) is 1.73. The molecule has 1 aromatic carbocycles. The molecule has 0 saturated heterocycles. The SMILES string of the molecule is COC(=O)c1cc(Br)ccc1CO. The number of carbonyl (C=O) groups is 1. The molecule has 0 heterocycles. The van der Waals surface area contributed by atoms with E-state index in [0.717, 1.165) is 4.47 Å². The molecule has 1 N–H and O–H groups in total. The van der Waals surface area contributed by atoms with Gasteiger partial charge in [0.25, 0.3) is 0 Å². The van der Waals surface area contributed by atoms with Gasteiger partial charge in [-0.1, -0.05) is 22.0 Å². The molecule has 1 rings (SSSR count). The second-order valence-electron chi connectivity index (χ2n) is 2.45. The van der Waals surface area contributed by atoms with Crippen LogP contribution < -0.4 is 0 Å². The van der Waals surface area contributed by atoms with Crippen LogP contribution >= 0.6 is 15.9 Å². The average molecular weight is 245 g/mol. The van der Waals surface area contributed by atoms with Crippen LogP contribution in [0.4, 0.5) is 0 Å². The van der Waals surface area contributed by atoms with Crippen LogP contribution in [0.25, 0.3) is 0 Å². The molecular formula is C9H9BrO3. The highest BCUT2D eigenvalue weighted by molar-refractivity contribution is 9.10. The van der Waals surface area contributed by atoms with Crippen LogP contribution in [0, 0.1) is 0 Å². The Morgan fingerprint density at radius 2 is 2.31 bits per heavy atom. The number of aliphatic hydroxyl groups excluding tert-OH is 1. The molecule has 0 aromatic heterocycles. The van der Waals surface area contributed by atoms with Gasteiger partial charge in [-0.15, -0.1) is 0 Å². The minimum Gasteiger partial charge on any atom is -0.465 e. The molecule has 1 aromatic rings. The van der Waals surface area contributed by atoms with Crippen molar-refractivity contribution in [3.05, 3.63) is 33.8 Å². The zero-order chi connectivity index (χ0) is 9.84. The summed E-state index contributed by atoms with van der Waals surface area (Å²) < 4.78 is 5.35. The van der Waals surface area contributed by atoms with Gasteiger partial charge in [-0.3, -0.25) is 0 Å². The maximum absolute atomic E-state index is 11.2. The summed E-state index contributed by atoms with van der Waals surface area (Å²) in [6.45, 7) is -0.169. The van der Waals surface area contributed by atoms with Crippen molar-refractivity contribution in [2.75, 3.05) is 7.11 Å². The molecule has 0 aliphatic carbocycles. The highest BCUT2D eigenvalue weighted by Gasteiger charge is 2.10. The lowest BCUT2D eigenvalue weighted by molar-refractivity contribution is 0.0597. The van der Waals surface area contributed by atoms with Crippen molar-refractivity contribution >= 4 is 21.9 Å². The second-order valence-corrected chi connectivity index (χ2v) is 3.37. The van der Waals surface area contributed by atoms with Crippen molar-refractivity contribution < 1.29 is 14.6 Å². The summed E-state index contributed by atoms with van der Waals surface area (Å²) in [6, 6.07) is 5.06. The third-order valence-corrected chi connectivity index (χ3v) is 2.14. The van der Waals surface area contributed by atoms with E-state index >= 15 is 0 Å². The molecule has 3 nitrogen and oxygen atoms in total. The van der Waals surface area contributed by atoms with Gasteiger partial charge in [0.15, 0.2) is 0 Å². The fourth-order valence-electron chi connectivity index (χ4n) is 0.987. The average Bonchev–Trinajstić information content (AvgIpc) is 2.16. The normalized spacial score (nSPS) is 9.77. The molecule has 0 radical (unpaired) electrons. The summed E-state index contributed by atoms with van der Waals surface area (Å²) in [4.78, 5) is 11.2. The van der Waals surface area contributed by atoms with Crippen molar-refractivity contribution in [3.8, 4) is 0 Å². The second kappa shape index (κ2) is 4.39. The Hall–Kier alpha value is -0.870. The lowest BCUT2D eigenvalue weighted by Gasteiger charge is -2.05. The smallest absolute Gasteiger partial charge is 0.338 e. The van der Waals surface area contributed by atoms with E-state index in [-0.39, 0.29) is 6.61 Å². The molecule has 13 heavy (non-hydrogen) atoms. The number of rotatable bonds is 2. The zero-order valence-electron chi connectivity index (χ0n) is 7.08. The zero-order valence-corrected chi connectivity index (χ0v) is 8.67. The molecule has 0 amide bonds. The van der Waals surface area contributed by atoms with Gasteiger partial charge in [0.05, 0.1) is 19.3 Å². The van der Waals surface area contributed by atoms with Crippen LogP contribution in [0.2, 0.25) is 0 Å². The minimum atomic E-state index is -0.439. The van der Waals surface area contributed by atoms with E-state index in [1.54, 1.807) is 18.2 Å². The quantitative estimate of drug-likeness (QED) is 0.807. The largest absolute Gasteiger partial charge is 0.465 e. The Kier molecular flexibility index (Phi) is 3.45. The first-order chi connectivity index (χ1) is 6.19. The number of hydrogen-bond donors (Lipinski definition) is 1. The third-order valence-electron chi connectivity index (χ3n) is 1.65. The summed E-state index contributed by atoms with van der Waals surface area (Å²) in [5.41, 5.74) is 0.953. The number of ether oxygens (including phenoxy) is 1. The number of halogens is 1. The first-order valence-corrected chi connectivity index (χ1v) is 4.46. The summed E-state index contributed by atoms with van der Waals surface area (Å²) in [5, 5.41) is 8.93. The Labute approximate surface area is 84.5 Å². The van der Waals surface area contributed by atoms with Crippen molar-refractivity contribution in [2.24, 2.45) is 0 Å². The summed E-state index contributed by atoms with van der Waals surface area (Å²) in [6.07, 6.45) is 0.